The van der Waals surface area contributed by atoms with E-state index >= 15 is 0 Å². The van der Waals surface area contributed by atoms with E-state index in [2.05, 4.69) is 22.1 Å². The minimum atomic E-state index is 0.968. The van der Waals surface area contributed by atoms with Crippen molar-refractivity contribution in [2.45, 2.75) is 26.2 Å². The minimum absolute atomic E-state index is 0.968. The predicted octanol–water partition coefficient (Wildman–Crippen LogP) is 2.13. The fraction of sp³-hybridized carbons (Fsp3) is 0.462. The molecule has 0 unspecified atom stereocenters. The van der Waals surface area contributed by atoms with Gasteiger partial charge in [-0.15, -0.1) is 0 Å². The molecule has 0 spiro atoms. The molecule has 0 saturated heterocycles. The van der Waals surface area contributed by atoms with Crippen LogP contribution < -0.4 is 5.32 Å². The Labute approximate surface area is 92.1 Å². The second-order valence-electron chi connectivity index (χ2n) is 3.55. The van der Waals surface area contributed by atoms with Crippen LogP contribution in [0.5, 0.6) is 0 Å². The van der Waals surface area contributed by atoms with E-state index in [-0.39, 0.29) is 0 Å². The average Bonchev–Trinajstić information content (AvgIpc) is 2.26. The van der Waals surface area contributed by atoms with E-state index in [9.17, 15) is 0 Å². The van der Waals surface area contributed by atoms with E-state index in [0.29, 0.717) is 0 Å². The van der Waals surface area contributed by atoms with Gasteiger partial charge in [0.2, 0.25) is 0 Å². The first-order valence-electron chi connectivity index (χ1n) is 5.39. The smallest absolute Gasteiger partial charge is 0.0428 e. The highest BCUT2D eigenvalue weighted by molar-refractivity contribution is 5.32. The maximum Gasteiger partial charge on any atom is 0.0428 e. The lowest BCUT2D eigenvalue weighted by molar-refractivity contribution is 0.689. The van der Waals surface area contributed by atoms with Gasteiger partial charge in [0.25, 0.3) is 0 Å². The Morgan fingerprint density at radius 1 is 1.33 bits per heavy atom. The van der Waals surface area contributed by atoms with Crippen LogP contribution in [0.3, 0.4) is 0 Å². The van der Waals surface area contributed by atoms with Gasteiger partial charge in [0.05, 0.1) is 0 Å². The van der Waals surface area contributed by atoms with Crippen molar-refractivity contribution < 1.29 is 0 Å². The van der Waals surface area contributed by atoms with Gasteiger partial charge in [-0.3, -0.25) is 4.98 Å². The number of pyridine rings is 1. The molecule has 0 radical (unpaired) electrons. The van der Waals surface area contributed by atoms with Crippen molar-refractivity contribution in [2.75, 3.05) is 13.6 Å². The molecule has 1 N–H and O–H groups in total. The quantitative estimate of drug-likeness (QED) is 0.597. The number of hydrogen-bond donors (Lipinski definition) is 1. The van der Waals surface area contributed by atoms with Gasteiger partial charge in [0.1, 0.15) is 0 Å². The summed E-state index contributed by atoms with van der Waals surface area (Å²) in [6.45, 7) is 3.06. The molecular weight excluding hydrogens is 184 g/mol. The summed E-state index contributed by atoms with van der Waals surface area (Å²) in [5.41, 5.74) is 2.05. The van der Waals surface area contributed by atoms with Crippen LogP contribution in [-0.2, 0) is 0 Å². The van der Waals surface area contributed by atoms with Gasteiger partial charge in [-0.05, 0) is 45.5 Å². The number of hydrogen-bond acceptors (Lipinski definition) is 2. The number of aromatic nitrogens is 1. The van der Waals surface area contributed by atoms with Gasteiger partial charge in [0.15, 0.2) is 0 Å². The van der Waals surface area contributed by atoms with Gasteiger partial charge in [0, 0.05) is 23.9 Å². The molecule has 0 amide bonds. The van der Waals surface area contributed by atoms with Gasteiger partial charge in [-0.1, -0.05) is 11.8 Å². The fourth-order valence-electron chi connectivity index (χ4n) is 1.22. The molecule has 0 aliphatic heterocycles. The molecular formula is C13H18N2. The Morgan fingerprint density at radius 3 is 2.87 bits per heavy atom. The lowest BCUT2D eigenvalue weighted by atomic mass is 10.2. The lowest BCUT2D eigenvalue weighted by Gasteiger charge is -1.94. The first-order valence-corrected chi connectivity index (χ1v) is 5.39. The molecule has 1 rings (SSSR count). The summed E-state index contributed by atoms with van der Waals surface area (Å²) in [6, 6.07) is 4.01. The molecule has 0 aromatic carbocycles. The Bertz CT molecular complexity index is 330. The maximum atomic E-state index is 4.19. The van der Waals surface area contributed by atoms with E-state index in [1.165, 1.54) is 6.42 Å². The maximum absolute atomic E-state index is 4.19. The summed E-state index contributed by atoms with van der Waals surface area (Å²) in [5.74, 6) is 6.28. The van der Waals surface area contributed by atoms with Gasteiger partial charge in [-0.2, -0.15) is 0 Å². The topological polar surface area (TPSA) is 24.9 Å². The number of unbranched alkanes of at least 4 members (excludes halogenated alkanes) is 2. The zero-order chi connectivity index (χ0) is 10.9. The molecule has 0 aliphatic rings. The standard InChI is InChI=1S/C13H18N2/c1-12-8-9-13(11-15-12)7-5-3-4-6-10-14-2/h8-9,11,14H,3-4,6,10H2,1-2H3. The SMILES string of the molecule is CNCCCCC#Cc1ccc(C)nc1. The van der Waals surface area contributed by atoms with Crippen LogP contribution in [0.15, 0.2) is 18.3 Å². The zero-order valence-corrected chi connectivity index (χ0v) is 9.51. The molecule has 1 heterocycles. The lowest BCUT2D eigenvalue weighted by Crippen LogP contribution is -2.06. The molecule has 0 bridgehead atoms. The first kappa shape index (κ1) is 11.7. The summed E-state index contributed by atoms with van der Waals surface area (Å²) < 4.78 is 0. The third kappa shape index (κ3) is 5.19. The molecule has 2 heteroatoms. The summed E-state index contributed by atoms with van der Waals surface area (Å²) in [4.78, 5) is 4.19. The molecule has 0 fully saturated rings. The molecule has 0 atom stereocenters. The van der Waals surface area contributed by atoms with Gasteiger partial charge in [-0.25, -0.2) is 0 Å². The predicted molar refractivity (Wildman–Crippen MR) is 63.6 cm³/mol. The zero-order valence-electron chi connectivity index (χ0n) is 9.51. The molecule has 2 nitrogen and oxygen atoms in total. The Morgan fingerprint density at radius 2 is 2.20 bits per heavy atom. The van der Waals surface area contributed by atoms with Crippen LogP contribution in [0.25, 0.3) is 0 Å². The second kappa shape index (κ2) is 7.03. The third-order valence-electron chi connectivity index (χ3n) is 2.12. The van der Waals surface area contributed by atoms with Crippen molar-refractivity contribution in [2.24, 2.45) is 0 Å². The first-order chi connectivity index (χ1) is 7.33. The normalized spacial score (nSPS) is 9.47. The van der Waals surface area contributed by atoms with Crippen molar-refractivity contribution in [3.8, 4) is 11.8 Å². The van der Waals surface area contributed by atoms with Crippen LogP contribution in [0.2, 0.25) is 0 Å². The minimum Gasteiger partial charge on any atom is -0.320 e. The Balaban J connectivity index is 2.28. The highest BCUT2D eigenvalue weighted by Gasteiger charge is 1.87. The largest absolute Gasteiger partial charge is 0.320 e. The summed E-state index contributed by atoms with van der Waals surface area (Å²) >= 11 is 0. The number of nitrogens with zero attached hydrogens (tertiary/aromatic N) is 1. The van der Waals surface area contributed by atoms with Crippen molar-refractivity contribution in [1.82, 2.24) is 10.3 Å². The van der Waals surface area contributed by atoms with E-state index in [0.717, 1.165) is 30.6 Å². The molecule has 1 aromatic heterocycles. The second-order valence-corrected chi connectivity index (χ2v) is 3.55. The Kier molecular flexibility index (Phi) is 5.50. The van der Waals surface area contributed by atoms with Crippen molar-refractivity contribution in [3.63, 3.8) is 0 Å². The summed E-state index contributed by atoms with van der Waals surface area (Å²) in [5, 5.41) is 3.12. The molecule has 15 heavy (non-hydrogen) atoms. The summed E-state index contributed by atoms with van der Waals surface area (Å²) in [6.07, 6.45) is 5.15. The number of aryl methyl sites for hydroxylation is 1. The highest BCUT2D eigenvalue weighted by atomic mass is 14.8. The highest BCUT2D eigenvalue weighted by Crippen LogP contribution is 1.98. The monoisotopic (exact) mass is 202 g/mol. The fourth-order valence-corrected chi connectivity index (χ4v) is 1.22. The van der Waals surface area contributed by atoms with Gasteiger partial charge >= 0.3 is 0 Å². The van der Waals surface area contributed by atoms with E-state index in [4.69, 9.17) is 0 Å². The Hall–Kier alpha value is -1.33. The van der Waals surface area contributed by atoms with E-state index in [1.54, 1.807) is 0 Å². The van der Waals surface area contributed by atoms with Gasteiger partial charge < -0.3 is 5.32 Å². The van der Waals surface area contributed by atoms with Crippen LogP contribution >= 0.6 is 0 Å². The molecule has 0 saturated carbocycles. The molecule has 1 aromatic rings. The van der Waals surface area contributed by atoms with Crippen molar-refractivity contribution >= 4 is 0 Å². The van der Waals surface area contributed by atoms with Crippen molar-refractivity contribution in [3.05, 3.63) is 29.6 Å². The van der Waals surface area contributed by atoms with Crippen LogP contribution in [0.4, 0.5) is 0 Å². The van der Waals surface area contributed by atoms with Crippen LogP contribution in [0.1, 0.15) is 30.5 Å². The third-order valence-corrected chi connectivity index (χ3v) is 2.12. The molecule has 80 valence electrons. The van der Waals surface area contributed by atoms with E-state index in [1.807, 2.05) is 32.3 Å². The summed E-state index contributed by atoms with van der Waals surface area (Å²) in [7, 11) is 1.98. The number of rotatable bonds is 4. The number of nitrogens with one attached hydrogen (secondary N) is 1. The van der Waals surface area contributed by atoms with E-state index < -0.39 is 0 Å². The molecule has 0 aliphatic carbocycles. The van der Waals surface area contributed by atoms with Crippen LogP contribution in [0, 0.1) is 18.8 Å². The average molecular weight is 202 g/mol. The van der Waals surface area contributed by atoms with Crippen molar-refractivity contribution in [1.29, 1.82) is 0 Å². The van der Waals surface area contributed by atoms with Crippen LogP contribution in [-0.4, -0.2) is 18.6 Å².